The van der Waals surface area contributed by atoms with Crippen LogP contribution in [-0.2, 0) is 4.74 Å². The van der Waals surface area contributed by atoms with Crippen LogP contribution >= 0.6 is 11.3 Å². The molecule has 1 aromatic rings. The van der Waals surface area contributed by atoms with Gasteiger partial charge in [-0.2, -0.15) is 0 Å². The minimum atomic E-state index is -0.456. The molecule has 1 aromatic heterocycles. The van der Waals surface area contributed by atoms with E-state index in [0.29, 0.717) is 18.4 Å². The highest BCUT2D eigenvalue weighted by molar-refractivity contribution is 7.14. The number of carbonyl (C=O) groups excluding carboxylic acids is 1. The van der Waals surface area contributed by atoms with Crippen molar-refractivity contribution in [1.29, 1.82) is 0 Å². The van der Waals surface area contributed by atoms with Crippen LogP contribution in [0.15, 0.2) is 0 Å². The molecule has 0 aliphatic rings. The lowest BCUT2D eigenvalue weighted by Crippen LogP contribution is -2.19. The third-order valence-corrected chi connectivity index (χ3v) is 2.44. The number of hydrogen-bond acceptors (Lipinski definition) is 7. The van der Waals surface area contributed by atoms with Crippen molar-refractivity contribution in [1.82, 2.24) is 15.1 Å². The summed E-state index contributed by atoms with van der Waals surface area (Å²) in [6.45, 7) is 3.38. The Morgan fingerprint density at radius 1 is 1.44 bits per heavy atom. The van der Waals surface area contributed by atoms with E-state index in [1.807, 2.05) is 19.0 Å². The van der Waals surface area contributed by atoms with E-state index in [1.165, 1.54) is 0 Å². The molecule has 0 saturated carbocycles. The van der Waals surface area contributed by atoms with Gasteiger partial charge in [0.25, 0.3) is 5.19 Å². The van der Waals surface area contributed by atoms with E-state index in [0.717, 1.165) is 17.9 Å². The third-order valence-electron chi connectivity index (χ3n) is 1.62. The second kappa shape index (κ2) is 6.39. The Bertz CT molecular complexity index is 340. The van der Waals surface area contributed by atoms with Gasteiger partial charge in [0.2, 0.25) is 5.01 Å². The molecule has 0 aromatic carbocycles. The Morgan fingerprint density at radius 2 is 2.19 bits per heavy atom. The number of hydrogen-bond donors (Lipinski definition) is 0. The highest BCUT2D eigenvalue weighted by atomic mass is 32.1. The first-order chi connectivity index (χ1) is 7.63. The monoisotopic (exact) mass is 245 g/mol. The van der Waals surface area contributed by atoms with Crippen LogP contribution in [0.5, 0.6) is 5.19 Å². The zero-order valence-electron chi connectivity index (χ0n) is 9.60. The second-order valence-corrected chi connectivity index (χ2v) is 4.19. The SMILES string of the molecule is CCOC(=O)c1nnc(OCCN(C)C)s1. The largest absolute Gasteiger partial charge is 0.468 e. The maximum Gasteiger partial charge on any atom is 0.369 e. The van der Waals surface area contributed by atoms with Crippen LogP contribution in [-0.4, -0.2) is 54.9 Å². The van der Waals surface area contributed by atoms with Crippen molar-refractivity contribution in [3.8, 4) is 5.19 Å². The summed E-state index contributed by atoms with van der Waals surface area (Å²) in [5.74, 6) is -0.456. The summed E-state index contributed by atoms with van der Waals surface area (Å²) < 4.78 is 10.1. The van der Waals surface area contributed by atoms with Crippen molar-refractivity contribution in [3.63, 3.8) is 0 Å². The Balaban J connectivity index is 2.42. The van der Waals surface area contributed by atoms with Crippen LogP contribution in [0.25, 0.3) is 0 Å². The van der Waals surface area contributed by atoms with Gasteiger partial charge in [-0.3, -0.25) is 0 Å². The van der Waals surface area contributed by atoms with Gasteiger partial charge in [-0.05, 0) is 32.4 Å². The third kappa shape index (κ3) is 4.11. The van der Waals surface area contributed by atoms with E-state index >= 15 is 0 Å². The predicted molar refractivity (Wildman–Crippen MR) is 59.9 cm³/mol. The molecule has 0 N–H and O–H groups in total. The van der Waals surface area contributed by atoms with Crippen molar-refractivity contribution >= 4 is 17.3 Å². The molecule has 1 rings (SSSR count). The van der Waals surface area contributed by atoms with Crippen molar-refractivity contribution in [2.24, 2.45) is 0 Å². The van der Waals surface area contributed by atoms with Crippen LogP contribution in [0.4, 0.5) is 0 Å². The average molecular weight is 245 g/mol. The van der Waals surface area contributed by atoms with E-state index in [1.54, 1.807) is 6.92 Å². The summed E-state index contributed by atoms with van der Waals surface area (Å²) in [7, 11) is 3.90. The maximum atomic E-state index is 11.3. The van der Waals surface area contributed by atoms with Gasteiger partial charge in [0, 0.05) is 6.54 Å². The number of nitrogens with zero attached hydrogens (tertiary/aromatic N) is 3. The predicted octanol–water partition coefficient (Wildman–Crippen LogP) is 0.655. The van der Waals surface area contributed by atoms with Crippen LogP contribution in [0.1, 0.15) is 16.7 Å². The van der Waals surface area contributed by atoms with E-state index in [-0.39, 0.29) is 5.01 Å². The van der Waals surface area contributed by atoms with Crippen LogP contribution in [0, 0.1) is 0 Å². The molecule has 1 heterocycles. The van der Waals surface area contributed by atoms with Crippen molar-refractivity contribution in [2.45, 2.75) is 6.92 Å². The van der Waals surface area contributed by atoms with Gasteiger partial charge < -0.3 is 14.4 Å². The quantitative estimate of drug-likeness (QED) is 0.686. The Hall–Kier alpha value is -1.21. The standard InChI is InChI=1S/C9H15N3O3S/c1-4-14-8(13)7-10-11-9(16-7)15-6-5-12(2)3/h4-6H2,1-3H3. The molecule has 7 heteroatoms. The lowest BCUT2D eigenvalue weighted by molar-refractivity contribution is 0.0525. The number of aromatic nitrogens is 2. The lowest BCUT2D eigenvalue weighted by atomic mass is 10.6. The van der Waals surface area contributed by atoms with Crippen LogP contribution in [0.3, 0.4) is 0 Å². The molecule has 0 unspecified atom stereocenters. The fourth-order valence-corrected chi connectivity index (χ4v) is 1.47. The minimum Gasteiger partial charge on any atom is -0.468 e. The van der Waals surface area contributed by atoms with Gasteiger partial charge in [0.05, 0.1) is 6.61 Å². The van der Waals surface area contributed by atoms with E-state index in [2.05, 4.69) is 10.2 Å². The summed E-state index contributed by atoms with van der Waals surface area (Å²) >= 11 is 1.10. The number of rotatable bonds is 6. The van der Waals surface area contributed by atoms with E-state index < -0.39 is 5.97 Å². The van der Waals surface area contributed by atoms with Gasteiger partial charge in [0.1, 0.15) is 6.61 Å². The molecule has 90 valence electrons. The summed E-state index contributed by atoms with van der Waals surface area (Å²) in [6, 6.07) is 0. The summed E-state index contributed by atoms with van der Waals surface area (Å²) in [5, 5.41) is 8.05. The zero-order valence-corrected chi connectivity index (χ0v) is 10.4. The first-order valence-electron chi connectivity index (χ1n) is 4.91. The second-order valence-electron chi connectivity index (χ2n) is 3.25. The Labute approximate surface area is 98.2 Å². The molecule has 0 aliphatic heterocycles. The highest BCUT2D eigenvalue weighted by Crippen LogP contribution is 2.18. The molecule has 0 spiro atoms. The minimum absolute atomic E-state index is 0.224. The Morgan fingerprint density at radius 3 is 2.81 bits per heavy atom. The summed E-state index contributed by atoms with van der Waals surface area (Å²) in [4.78, 5) is 13.3. The summed E-state index contributed by atoms with van der Waals surface area (Å²) in [5.41, 5.74) is 0. The molecule has 16 heavy (non-hydrogen) atoms. The van der Waals surface area contributed by atoms with E-state index in [4.69, 9.17) is 9.47 Å². The van der Waals surface area contributed by atoms with Gasteiger partial charge in [-0.1, -0.05) is 5.10 Å². The topological polar surface area (TPSA) is 64.5 Å². The molecule has 0 radical (unpaired) electrons. The highest BCUT2D eigenvalue weighted by Gasteiger charge is 2.14. The molecule has 0 atom stereocenters. The van der Waals surface area contributed by atoms with E-state index in [9.17, 15) is 4.79 Å². The first-order valence-corrected chi connectivity index (χ1v) is 5.73. The number of likely N-dealkylation sites (N-methyl/N-ethyl adjacent to an activating group) is 1. The molecular formula is C9H15N3O3S. The lowest BCUT2D eigenvalue weighted by Gasteiger charge is -2.08. The normalized spacial score (nSPS) is 10.5. The molecule has 0 fully saturated rings. The first kappa shape index (κ1) is 12.9. The maximum absolute atomic E-state index is 11.3. The number of ether oxygens (including phenoxy) is 2. The van der Waals surface area contributed by atoms with Gasteiger partial charge in [-0.25, -0.2) is 4.79 Å². The van der Waals surface area contributed by atoms with Gasteiger partial charge in [0.15, 0.2) is 0 Å². The van der Waals surface area contributed by atoms with Crippen LogP contribution in [0.2, 0.25) is 0 Å². The number of esters is 1. The fourth-order valence-electron chi connectivity index (χ4n) is 0.859. The fraction of sp³-hybridized carbons (Fsp3) is 0.667. The molecule has 6 nitrogen and oxygen atoms in total. The molecule has 0 aliphatic carbocycles. The molecular weight excluding hydrogens is 230 g/mol. The zero-order chi connectivity index (χ0) is 12.0. The number of carbonyl (C=O) groups is 1. The molecule has 0 saturated heterocycles. The smallest absolute Gasteiger partial charge is 0.369 e. The van der Waals surface area contributed by atoms with Crippen molar-refractivity contribution < 1.29 is 14.3 Å². The van der Waals surface area contributed by atoms with Crippen LogP contribution < -0.4 is 4.74 Å². The van der Waals surface area contributed by atoms with Crippen molar-refractivity contribution in [3.05, 3.63) is 5.01 Å². The van der Waals surface area contributed by atoms with Crippen molar-refractivity contribution in [2.75, 3.05) is 33.9 Å². The molecule has 0 amide bonds. The molecule has 0 bridgehead atoms. The van der Waals surface area contributed by atoms with Gasteiger partial charge in [-0.15, -0.1) is 5.10 Å². The average Bonchev–Trinajstić information content (AvgIpc) is 2.66. The van der Waals surface area contributed by atoms with Gasteiger partial charge >= 0.3 is 5.97 Å². The Kier molecular flexibility index (Phi) is 5.13. The summed E-state index contributed by atoms with van der Waals surface area (Å²) in [6.07, 6.45) is 0.